The quantitative estimate of drug-likeness (QED) is 0.692. The number of hydrogen-bond donors (Lipinski definition) is 1. The summed E-state index contributed by atoms with van der Waals surface area (Å²) in [7, 11) is 3.63. The van der Waals surface area contributed by atoms with Crippen molar-refractivity contribution in [3.63, 3.8) is 0 Å². The number of likely N-dealkylation sites (N-methyl/N-ethyl adjacent to an activating group) is 1. The van der Waals surface area contributed by atoms with Gasteiger partial charge in [0.2, 0.25) is 5.91 Å². The summed E-state index contributed by atoms with van der Waals surface area (Å²) in [6, 6.07) is 16.2. The highest BCUT2D eigenvalue weighted by Gasteiger charge is 2.23. The molecule has 0 radical (unpaired) electrons. The van der Waals surface area contributed by atoms with Crippen LogP contribution in [0.2, 0.25) is 0 Å². The number of ether oxygens (including phenoxy) is 2. The van der Waals surface area contributed by atoms with Gasteiger partial charge in [-0.3, -0.25) is 9.69 Å². The van der Waals surface area contributed by atoms with E-state index in [1.165, 1.54) is 12.8 Å². The van der Waals surface area contributed by atoms with Crippen molar-refractivity contribution in [3.8, 4) is 11.5 Å². The van der Waals surface area contributed by atoms with E-state index >= 15 is 0 Å². The van der Waals surface area contributed by atoms with Crippen LogP contribution in [0, 0.1) is 0 Å². The second-order valence-electron chi connectivity index (χ2n) is 7.84. The van der Waals surface area contributed by atoms with Gasteiger partial charge in [-0.05, 0) is 50.1 Å². The van der Waals surface area contributed by atoms with Gasteiger partial charge in [0.15, 0.2) is 11.5 Å². The van der Waals surface area contributed by atoms with Gasteiger partial charge in [0.05, 0.1) is 13.2 Å². The molecular weight excluding hydrogens is 364 g/mol. The highest BCUT2D eigenvalue weighted by molar-refractivity contribution is 5.81. The number of carbonyl (C=O) groups is 1. The van der Waals surface area contributed by atoms with Gasteiger partial charge < -0.3 is 14.8 Å². The molecule has 1 saturated carbocycles. The molecule has 29 heavy (non-hydrogen) atoms. The standard InChI is InChI=1S/C24H32N2O3/c1-18(24(27)25-21-11-7-8-12-21)26(2)16-20-13-14-22(23(15-20)28-3)29-17-19-9-5-4-6-10-19/h4-6,9-10,13-15,18,21H,7-8,11-12,16-17H2,1-3H3,(H,25,27)/t18-/m1/s1. The molecule has 1 aliphatic carbocycles. The number of rotatable bonds is 9. The zero-order valence-electron chi connectivity index (χ0n) is 17.7. The van der Waals surface area contributed by atoms with E-state index in [0.29, 0.717) is 24.9 Å². The molecule has 2 aromatic carbocycles. The Bertz CT molecular complexity index is 788. The molecule has 1 fully saturated rings. The first-order valence-corrected chi connectivity index (χ1v) is 10.4. The molecule has 0 bridgehead atoms. The summed E-state index contributed by atoms with van der Waals surface area (Å²) >= 11 is 0. The van der Waals surface area contributed by atoms with Crippen LogP contribution in [-0.2, 0) is 17.9 Å². The van der Waals surface area contributed by atoms with Crippen LogP contribution >= 0.6 is 0 Å². The average Bonchev–Trinajstić information content (AvgIpc) is 3.25. The molecule has 0 aromatic heterocycles. The van der Waals surface area contributed by atoms with Crippen LogP contribution in [0.1, 0.15) is 43.7 Å². The molecule has 5 heteroatoms. The maximum absolute atomic E-state index is 12.5. The van der Waals surface area contributed by atoms with Gasteiger partial charge in [-0.25, -0.2) is 0 Å². The fraction of sp³-hybridized carbons (Fsp3) is 0.458. The molecule has 3 rings (SSSR count). The van der Waals surface area contributed by atoms with E-state index in [-0.39, 0.29) is 11.9 Å². The first-order chi connectivity index (χ1) is 14.1. The lowest BCUT2D eigenvalue weighted by atomic mass is 10.1. The number of benzene rings is 2. The van der Waals surface area contributed by atoms with E-state index < -0.39 is 0 Å². The largest absolute Gasteiger partial charge is 0.493 e. The van der Waals surface area contributed by atoms with Crippen LogP contribution in [0.25, 0.3) is 0 Å². The number of methoxy groups -OCH3 is 1. The van der Waals surface area contributed by atoms with Crippen LogP contribution in [0.3, 0.4) is 0 Å². The molecule has 1 atom stereocenters. The van der Waals surface area contributed by atoms with Crippen molar-refractivity contribution in [1.82, 2.24) is 10.2 Å². The van der Waals surface area contributed by atoms with E-state index in [1.54, 1.807) is 7.11 Å². The molecule has 0 heterocycles. The number of amides is 1. The van der Waals surface area contributed by atoms with Crippen molar-refractivity contribution in [2.75, 3.05) is 14.2 Å². The molecule has 0 spiro atoms. The maximum atomic E-state index is 12.5. The number of carbonyl (C=O) groups excluding carboxylic acids is 1. The molecule has 1 amide bonds. The lowest BCUT2D eigenvalue weighted by Crippen LogP contribution is -2.46. The summed E-state index contributed by atoms with van der Waals surface area (Å²) in [5, 5.41) is 3.18. The van der Waals surface area contributed by atoms with Gasteiger partial charge in [0, 0.05) is 12.6 Å². The van der Waals surface area contributed by atoms with Gasteiger partial charge >= 0.3 is 0 Å². The summed E-state index contributed by atoms with van der Waals surface area (Å²) in [6.07, 6.45) is 4.63. The van der Waals surface area contributed by atoms with E-state index in [0.717, 1.165) is 29.7 Å². The van der Waals surface area contributed by atoms with Crippen molar-refractivity contribution in [3.05, 3.63) is 59.7 Å². The first-order valence-electron chi connectivity index (χ1n) is 10.4. The van der Waals surface area contributed by atoms with E-state index in [2.05, 4.69) is 10.2 Å². The molecule has 2 aromatic rings. The second kappa shape index (κ2) is 10.3. The van der Waals surface area contributed by atoms with Crippen molar-refractivity contribution in [1.29, 1.82) is 0 Å². The van der Waals surface area contributed by atoms with Crippen LogP contribution in [0.5, 0.6) is 11.5 Å². The molecule has 1 aliphatic rings. The predicted molar refractivity (Wildman–Crippen MR) is 115 cm³/mol. The fourth-order valence-electron chi connectivity index (χ4n) is 3.68. The van der Waals surface area contributed by atoms with Gasteiger partial charge in [0.25, 0.3) is 0 Å². The van der Waals surface area contributed by atoms with Crippen LogP contribution < -0.4 is 14.8 Å². The second-order valence-corrected chi connectivity index (χ2v) is 7.84. The summed E-state index contributed by atoms with van der Waals surface area (Å²) in [5.74, 6) is 1.53. The normalized spacial score (nSPS) is 15.3. The highest BCUT2D eigenvalue weighted by Crippen LogP contribution is 2.29. The summed E-state index contributed by atoms with van der Waals surface area (Å²) in [5.41, 5.74) is 2.19. The Morgan fingerprint density at radius 3 is 2.52 bits per heavy atom. The Kier molecular flexibility index (Phi) is 7.53. The Morgan fingerprint density at radius 2 is 1.83 bits per heavy atom. The Balaban J connectivity index is 1.57. The number of hydrogen-bond acceptors (Lipinski definition) is 4. The molecule has 5 nitrogen and oxygen atoms in total. The zero-order chi connectivity index (χ0) is 20.6. The van der Waals surface area contributed by atoms with Gasteiger partial charge in [0.1, 0.15) is 6.61 Å². The molecule has 0 saturated heterocycles. The van der Waals surface area contributed by atoms with Crippen molar-refractivity contribution in [2.24, 2.45) is 0 Å². The summed E-state index contributed by atoms with van der Waals surface area (Å²) in [6.45, 7) is 3.11. The Labute approximate surface area is 174 Å². The van der Waals surface area contributed by atoms with Gasteiger partial charge in [-0.1, -0.05) is 49.2 Å². The van der Waals surface area contributed by atoms with E-state index in [4.69, 9.17) is 9.47 Å². The van der Waals surface area contributed by atoms with E-state index in [1.807, 2.05) is 62.5 Å². The van der Waals surface area contributed by atoms with Crippen molar-refractivity contribution in [2.45, 2.75) is 57.8 Å². The predicted octanol–water partition coefficient (Wildman–Crippen LogP) is 4.15. The first kappa shape index (κ1) is 21.2. The summed E-state index contributed by atoms with van der Waals surface area (Å²) in [4.78, 5) is 14.6. The molecule has 1 N–H and O–H groups in total. The Hall–Kier alpha value is -2.53. The monoisotopic (exact) mass is 396 g/mol. The highest BCUT2D eigenvalue weighted by atomic mass is 16.5. The van der Waals surface area contributed by atoms with Gasteiger partial charge in [-0.2, -0.15) is 0 Å². The molecule has 156 valence electrons. The van der Waals surface area contributed by atoms with Gasteiger partial charge in [-0.15, -0.1) is 0 Å². The molecule has 0 aliphatic heterocycles. The van der Waals surface area contributed by atoms with E-state index in [9.17, 15) is 4.79 Å². The van der Waals surface area contributed by atoms with Crippen LogP contribution in [-0.4, -0.2) is 37.0 Å². The van der Waals surface area contributed by atoms with Crippen LogP contribution in [0.4, 0.5) is 0 Å². The van der Waals surface area contributed by atoms with Crippen LogP contribution in [0.15, 0.2) is 48.5 Å². The molecular formula is C24H32N2O3. The third-order valence-electron chi connectivity index (χ3n) is 5.64. The smallest absolute Gasteiger partial charge is 0.237 e. The lowest BCUT2D eigenvalue weighted by molar-refractivity contribution is -0.126. The number of nitrogens with one attached hydrogen (secondary N) is 1. The minimum atomic E-state index is -0.185. The third kappa shape index (κ3) is 5.97. The van der Waals surface area contributed by atoms with Crippen molar-refractivity contribution >= 4 is 5.91 Å². The third-order valence-corrected chi connectivity index (χ3v) is 5.64. The topological polar surface area (TPSA) is 50.8 Å². The lowest BCUT2D eigenvalue weighted by Gasteiger charge is -2.25. The molecule has 0 unspecified atom stereocenters. The number of nitrogens with zero attached hydrogens (tertiary/aromatic N) is 1. The minimum Gasteiger partial charge on any atom is -0.493 e. The fourth-order valence-corrected chi connectivity index (χ4v) is 3.68. The van der Waals surface area contributed by atoms with Crippen molar-refractivity contribution < 1.29 is 14.3 Å². The average molecular weight is 397 g/mol. The zero-order valence-corrected chi connectivity index (χ0v) is 17.7. The SMILES string of the molecule is COc1cc(CN(C)[C@H](C)C(=O)NC2CCCC2)ccc1OCc1ccccc1. The minimum absolute atomic E-state index is 0.106. The Morgan fingerprint density at radius 1 is 1.10 bits per heavy atom. The maximum Gasteiger partial charge on any atom is 0.237 e. The summed E-state index contributed by atoms with van der Waals surface area (Å²) < 4.78 is 11.5.